The average Bonchev–Trinajstić information content (AvgIpc) is 1.30. The molecule has 0 aromatic heterocycles. The Morgan fingerprint density at radius 3 is 1.71 bits per heavy atom. The van der Waals surface area contributed by atoms with E-state index in [4.69, 9.17) is 0 Å². The minimum Gasteiger partial charge on any atom is -0.153 e. The summed E-state index contributed by atoms with van der Waals surface area (Å²) in [6, 6.07) is 0. The fourth-order valence-corrected chi connectivity index (χ4v) is 0.850. The van der Waals surface area contributed by atoms with Crippen LogP contribution in [0.3, 0.4) is 0 Å². The number of hydrogen-bond donors (Lipinski definition) is 0. The molecule has 0 aromatic carbocycles. The van der Waals surface area contributed by atoms with Gasteiger partial charge in [-0.25, -0.2) is 0 Å². The van der Waals surface area contributed by atoms with Crippen molar-refractivity contribution in [3.8, 4) is 0 Å². The lowest BCUT2D eigenvalue weighted by Crippen LogP contribution is -2.03. The van der Waals surface area contributed by atoms with Gasteiger partial charge in [-0.05, 0) is 0 Å². The second-order valence-electron chi connectivity index (χ2n) is 2.26. The largest absolute Gasteiger partial charge is 0.153 e. The molecule has 0 spiro atoms. The molecule has 0 amide bonds. The van der Waals surface area contributed by atoms with Crippen LogP contribution in [0.4, 0.5) is 3.89 Å². The Hall–Kier alpha value is 0.630. The molecule has 0 atom stereocenters. The SMILES string of the molecule is CC(C)(C)SSF. The van der Waals surface area contributed by atoms with Crippen LogP contribution >= 0.6 is 22.0 Å². The molecule has 0 aromatic rings. The summed E-state index contributed by atoms with van der Waals surface area (Å²) in [4.78, 5) is 0. The van der Waals surface area contributed by atoms with Crippen molar-refractivity contribution in [2.45, 2.75) is 25.5 Å². The zero-order valence-corrected chi connectivity index (χ0v) is 6.33. The molecule has 7 heavy (non-hydrogen) atoms. The summed E-state index contributed by atoms with van der Waals surface area (Å²) in [7, 11) is 1.24. The van der Waals surface area contributed by atoms with E-state index in [1.54, 1.807) is 0 Å². The molecule has 0 aliphatic heterocycles. The standard InChI is InChI=1S/C4H9FS2/c1-4(2,3)6-7-5/h1-3H3. The maximum absolute atomic E-state index is 11.4. The van der Waals surface area contributed by atoms with E-state index < -0.39 is 0 Å². The number of halogens is 1. The highest BCUT2D eigenvalue weighted by Gasteiger charge is 2.09. The van der Waals surface area contributed by atoms with Crippen molar-refractivity contribution in [1.29, 1.82) is 0 Å². The zero-order chi connectivity index (χ0) is 5.91. The predicted molar refractivity (Wildman–Crippen MR) is 36.0 cm³/mol. The third kappa shape index (κ3) is 6.63. The third-order valence-electron chi connectivity index (χ3n) is 0.281. The zero-order valence-electron chi connectivity index (χ0n) is 4.69. The van der Waals surface area contributed by atoms with Gasteiger partial charge in [-0.15, -0.1) is 0 Å². The molecule has 0 rings (SSSR count). The second-order valence-corrected chi connectivity index (χ2v) is 4.65. The molecule has 0 heterocycles. The van der Waals surface area contributed by atoms with E-state index >= 15 is 0 Å². The van der Waals surface area contributed by atoms with Crippen LogP contribution in [-0.2, 0) is 0 Å². The van der Waals surface area contributed by atoms with Crippen molar-refractivity contribution in [3.63, 3.8) is 0 Å². The van der Waals surface area contributed by atoms with Crippen LogP contribution in [0.2, 0.25) is 0 Å². The summed E-state index contributed by atoms with van der Waals surface area (Å²) in [5.41, 5.74) is 0. The Bertz CT molecular complexity index is 48.1. The van der Waals surface area contributed by atoms with Gasteiger partial charge < -0.3 is 0 Å². The van der Waals surface area contributed by atoms with Crippen LogP contribution in [-0.4, -0.2) is 4.75 Å². The normalized spacial score (nSPS) is 12.0. The average molecular weight is 140 g/mol. The van der Waals surface area contributed by atoms with Crippen molar-refractivity contribution in [3.05, 3.63) is 0 Å². The first kappa shape index (κ1) is 7.63. The Morgan fingerprint density at radius 1 is 1.29 bits per heavy atom. The van der Waals surface area contributed by atoms with Gasteiger partial charge >= 0.3 is 0 Å². The fraction of sp³-hybridized carbons (Fsp3) is 1.00. The van der Waals surface area contributed by atoms with E-state index in [0.717, 1.165) is 0 Å². The molecule has 0 nitrogen and oxygen atoms in total. The van der Waals surface area contributed by atoms with Gasteiger partial charge in [0.25, 0.3) is 0 Å². The highest BCUT2D eigenvalue weighted by atomic mass is 33.1. The summed E-state index contributed by atoms with van der Waals surface area (Å²) in [6.07, 6.45) is 0. The smallest absolute Gasteiger partial charge is 0.115 e. The summed E-state index contributed by atoms with van der Waals surface area (Å²) < 4.78 is 11.4. The lowest BCUT2D eigenvalue weighted by atomic mass is 10.3. The maximum Gasteiger partial charge on any atom is 0.115 e. The minimum atomic E-state index is 0.0550. The van der Waals surface area contributed by atoms with Gasteiger partial charge in [0.05, 0.1) is 0 Å². The van der Waals surface area contributed by atoms with Gasteiger partial charge in [0.15, 0.2) is 0 Å². The molecule has 0 N–H and O–H groups in total. The van der Waals surface area contributed by atoms with Crippen molar-refractivity contribution in [2.24, 2.45) is 0 Å². The van der Waals surface area contributed by atoms with Crippen LogP contribution in [0.15, 0.2) is 0 Å². The molecule has 0 saturated heterocycles. The van der Waals surface area contributed by atoms with Crippen molar-refractivity contribution in [2.75, 3.05) is 0 Å². The van der Waals surface area contributed by atoms with Crippen molar-refractivity contribution < 1.29 is 3.89 Å². The summed E-state index contributed by atoms with van der Waals surface area (Å²) in [6.45, 7) is 5.93. The molecule has 0 radical (unpaired) electrons. The van der Waals surface area contributed by atoms with Crippen molar-refractivity contribution in [1.82, 2.24) is 0 Å². The van der Waals surface area contributed by atoms with E-state index in [0.29, 0.717) is 11.2 Å². The Balaban J connectivity index is 3.15. The van der Waals surface area contributed by atoms with E-state index in [-0.39, 0.29) is 4.75 Å². The molecule has 0 fully saturated rings. The molecule has 3 heteroatoms. The van der Waals surface area contributed by atoms with Gasteiger partial charge in [-0.3, -0.25) is 0 Å². The molecule has 0 saturated carbocycles. The topological polar surface area (TPSA) is 0 Å². The first-order valence-electron chi connectivity index (χ1n) is 2.03. The number of rotatable bonds is 1. The highest BCUT2D eigenvalue weighted by molar-refractivity contribution is 8.75. The van der Waals surface area contributed by atoms with E-state index in [2.05, 4.69) is 0 Å². The predicted octanol–water partition coefficient (Wildman–Crippen LogP) is 3.05. The summed E-state index contributed by atoms with van der Waals surface area (Å²) in [5, 5.41) is 0. The van der Waals surface area contributed by atoms with Crippen LogP contribution in [0.1, 0.15) is 20.8 Å². The maximum atomic E-state index is 11.4. The Morgan fingerprint density at radius 2 is 1.71 bits per heavy atom. The number of hydrogen-bond acceptors (Lipinski definition) is 2. The minimum absolute atomic E-state index is 0.0550. The molecule has 0 unspecified atom stereocenters. The molecule has 0 bridgehead atoms. The van der Waals surface area contributed by atoms with E-state index in [9.17, 15) is 3.89 Å². The van der Waals surface area contributed by atoms with Gasteiger partial charge in [0, 0.05) is 4.75 Å². The summed E-state index contributed by atoms with van der Waals surface area (Å²) >= 11 is 0.325. The monoisotopic (exact) mass is 140 g/mol. The van der Waals surface area contributed by atoms with Crippen molar-refractivity contribution >= 4 is 22.0 Å². The molecule has 44 valence electrons. The van der Waals surface area contributed by atoms with Gasteiger partial charge in [0.1, 0.15) is 11.2 Å². The Kier molecular flexibility index (Phi) is 3.08. The molecular weight excluding hydrogens is 131 g/mol. The first-order chi connectivity index (χ1) is 3.06. The van der Waals surface area contributed by atoms with Crippen LogP contribution in [0.5, 0.6) is 0 Å². The van der Waals surface area contributed by atoms with Gasteiger partial charge in [0.2, 0.25) is 0 Å². The highest BCUT2D eigenvalue weighted by Crippen LogP contribution is 2.35. The van der Waals surface area contributed by atoms with E-state index in [1.165, 1.54) is 10.8 Å². The third-order valence-corrected chi connectivity index (χ3v) is 2.53. The lowest BCUT2D eigenvalue weighted by molar-refractivity contribution is 0.809. The molecule has 0 aliphatic rings. The van der Waals surface area contributed by atoms with Crippen LogP contribution < -0.4 is 0 Å². The van der Waals surface area contributed by atoms with Crippen LogP contribution in [0, 0.1) is 0 Å². The van der Waals surface area contributed by atoms with Crippen LogP contribution in [0.25, 0.3) is 0 Å². The molecule has 0 aliphatic carbocycles. The Labute approximate surface area is 51.9 Å². The van der Waals surface area contributed by atoms with E-state index in [1.807, 2.05) is 20.8 Å². The second kappa shape index (κ2) is 2.82. The van der Waals surface area contributed by atoms with Gasteiger partial charge in [-0.1, -0.05) is 31.6 Å². The molecular formula is C4H9FS2. The fourth-order valence-electron chi connectivity index (χ4n) is 0.0945. The quantitative estimate of drug-likeness (QED) is 0.513. The lowest BCUT2D eigenvalue weighted by Gasteiger charge is -2.11. The van der Waals surface area contributed by atoms with Gasteiger partial charge in [-0.2, -0.15) is 3.89 Å². The summed E-state index contributed by atoms with van der Waals surface area (Å²) in [5.74, 6) is 0. The first-order valence-corrected chi connectivity index (χ1v) is 4.08.